The maximum atomic E-state index is 10.8. The zero-order valence-corrected chi connectivity index (χ0v) is 9.53. The zero-order valence-electron chi connectivity index (χ0n) is 8.71. The first-order valence-corrected chi connectivity index (χ1v) is 5.60. The van der Waals surface area contributed by atoms with Crippen LogP contribution in [0, 0.1) is 5.92 Å². The minimum Gasteiger partial charge on any atom is -0.481 e. The summed E-state index contributed by atoms with van der Waals surface area (Å²) >= 11 is 1.33. The smallest absolute Gasteiger partial charge is 0.307 e. The molecule has 0 aromatic carbocycles. The first-order chi connectivity index (χ1) is 7.50. The number of carbonyl (C=O) groups excluding carboxylic acids is 1. The number of nitrogens with two attached hydrogens (primary N) is 1. The monoisotopic (exact) mass is 240 g/mol. The summed E-state index contributed by atoms with van der Waals surface area (Å²) in [5.41, 5.74) is 5.41. The highest BCUT2D eigenvalue weighted by Gasteiger charge is 2.11. The average molecular weight is 240 g/mol. The van der Waals surface area contributed by atoms with Crippen molar-refractivity contribution in [1.82, 2.24) is 4.98 Å². The number of carbonyl (C=O) groups is 2. The molecule has 6 heteroatoms. The van der Waals surface area contributed by atoms with Gasteiger partial charge in [-0.05, 0) is 12.1 Å². The van der Waals surface area contributed by atoms with Gasteiger partial charge in [0.15, 0.2) is 0 Å². The Bertz CT molecular complexity index is 392. The van der Waals surface area contributed by atoms with E-state index < -0.39 is 17.8 Å². The topological polar surface area (TPSA) is 93.3 Å². The van der Waals surface area contributed by atoms with Gasteiger partial charge in [0.2, 0.25) is 5.91 Å². The van der Waals surface area contributed by atoms with Gasteiger partial charge in [0.25, 0.3) is 0 Å². The molecule has 1 rings (SSSR count). The Balaban J connectivity index is 2.56. The zero-order chi connectivity index (χ0) is 12.1. The Morgan fingerprint density at radius 1 is 1.56 bits per heavy atom. The molecule has 3 N–H and O–H groups in total. The number of aromatic nitrogens is 1. The number of aliphatic carboxylic acids is 1. The Hall–Kier alpha value is -1.56. The van der Waals surface area contributed by atoms with Crippen LogP contribution in [0.2, 0.25) is 0 Å². The maximum Gasteiger partial charge on any atom is 0.307 e. The van der Waals surface area contributed by atoms with Gasteiger partial charge >= 0.3 is 5.97 Å². The lowest BCUT2D eigenvalue weighted by atomic mass is 10.2. The molecule has 0 saturated carbocycles. The molecule has 0 bridgehead atoms. The predicted octanol–water partition coefficient (Wildman–Crippen LogP) is 0.993. The molecule has 1 aromatic rings. The van der Waals surface area contributed by atoms with Crippen molar-refractivity contribution in [2.75, 3.05) is 5.75 Å². The van der Waals surface area contributed by atoms with Gasteiger partial charge < -0.3 is 10.8 Å². The highest BCUT2D eigenvalue weighted by molar-refractivity contribution is 7.99. The molecule has 1 atom stereocenters. The SMILES string of the molecule is CC(CSc1ccc(C(N)=O)cn1)C(=O)O. The van der Waals surface area contributed by atoms with E-state index in [9.17, 15) is 9.59 Å². The lowest BCUT2D eigenvalue weighted by Crippen LogP contribution is -2.12. The minimum atomic E-state index is -0.832. The summed E-state index contributed by atoms with van der Waals surface area (Å²) in [6.45, 7) is 1.63. The lowest BCUT2D eigenvalue weighted by molar-refractivity contribution is -0.140. The van der Waals surface area contributed by atoms with Crippen molar-refractivity contribution in [2.24, 2.45) is 11.7 Å². The van der Waals surface area contributed by atoms with E-state index in [1.165, 1.54) is 18.0 Å². The van der Waals surface area contributed by atoms with Gasteiger partial charge in [-0.15, -0.1) is 11.8 Å². The molecule has 0 aliphatic heterocycles. The third-order valence-electron chi connectivity index (χ3n) is 1.92. The van der Waals surface area contributed by atoms with E-state index in [1.54, 1.807) is 19.1 Å². The van der Waals surface area contributed by atoms with Gasteiger partial charge in [-0.1, -0.05) is 6.92 Å². The largest absolute Gasteiger partial charge is 0.481 e. The fourth-order valence-corrected chi connectivity index (χ4v) is 1.75. The van der Waals surface area contributed by atoms with Crippen LogP contribution in [0.5, 0.6) is 0 Å². The quantitative estimate of drug-likeness (QED) is 0.749. The van der Waals surface area contributed by atoms with Crippen LogP contribution in [0.1, 0.15) is 17.3 Å². The number of thioether (sulfide) groups is 1. The van der Waals surface area contributed by atoms with Crippen molar-refractivity contribution in [1.29, 1.82) is 0 Å². The fraction of sp³-hybridized carbons (Fsp3) is 0.300. The highest BCUT2D eigenvalue weighted by atomic mass is 32.2. The number of primary amides is 1. The van der Waals surface area contributed by atoms with Gasteiger partial charge in [0.05, 0.1) is 16.5 Å². The Morgan fingerprint density at radius 2 is 2.25 bits per heavy atom. The van der Waals surface area contributed by atoms with E-state index in [2.05, 4.69) is 4.98 Å². The summed E-state index contributed by atoms with van der Waals surface area (Å²) in [4.78, 5) is 25.3. The third kappa shape index (κ3) is 3.54. The van der Waals surface area contributed by atoms with Gasteiger partial charge in [0, 0.05) is 11.9 Å². The molecule has 0 aliphatic carbocycles. The molecule has 0 radical (unpaired) electrons. The van der Waals surface area contributed by atoms with Crippen LogP contribution in [-0.2, 0) is 4.79 Å². The molecule has 0 saturated heterocycles. The van der Waals surface area contributed by atoms with Gasteiger partial charge in [-0.2, -0.15) is 0 Å². The molecular weight excluding hydrogens is 228 g/mol. The second-order valence-corrected chi connectivity index (χ2v) is 4.34. The van der Waals surface area contributed by atoms with Crippen molar-refractivity contribution in [3.8, 4) is 0 Å². The van der Waals surface area contributed by atoms with E-state index in [0.717, 1.165) is 0 Å². The number of pyridine rings is 1. The number of hydrogen-bond donors (Lipinski definition) is 2. The number of nitrogens with zero attached hydrogens (tertiary/aromatic N) is 1. The van der Waals surface area contributed by atoms with E-state index >= 15 is 0 Å². The minimum absolute atomic E-state index is 0.343. The van der Waals surface area contributed by atoms with Crippen molar-refractivity contribution in [3.05, 3.63) is 23.9 Å². The molecule has 0 fully saturated rings. The third-order valence-corrected chi connectivity index (χ3v) is 3.13. The van der Waals surface area contributed by atoms with Gasteiger partial charge in [0.1, 0.15) is 0 Å². The summed E-state index contributed by atoms with van der Waals surface area (Å²) in [6, 6.07) is 3.22. The summed E-state index contributed by atoms with van der Waals surface area (Å²) in [6.07, 6.45) is 1.39. The Kier molecular flexibility index (Phi) is 4.30. The second kappa shape index (κ2) is 5.50. The molecule has 1 heterocycles. The molecule has 0 aliphatic rings. The molecule has 16 heavy (non-hydrogen) atoms. The molecule has 0 spiro atoms. The number of amides is 1. The van der Waals surface area contributed by atoms with Crippen LogP contribution in [0.25, 0.3) is 0 Å². The second-order valence-electron chi connectivity index (χ2n) is 3.30. The molecule has 5 nitrogen and oxygen atoms in total. The van der Waals surface area contributed by atoms with Gasteiger partial charge in [-0.3, -0.25) is 9.59 Å². The van der Waals surface area contributed by atoms with Crippen molar-refractivity contribution >= 4 is 23.6 Å². The van der Waals surface area contributed by atoms with Gasteiger partial charge in [-0.25, -0.2) is 4.98 Å². The van der Waals surface area contributed by atoms with Crippen molar-refractivity contribution in [2.45, 2.75) is 11.9 Å². The van der Waals surface area contributed by atoms with E-state index in [0.29, 0.717) is 16.3 Å². The molecular formula is C10H12N2O3S. The molecule has 86 valence electrons. The Morgan fingerprint density at radius 3 is 2.69 bits per heavy atom. The summed E-state index contributed by atoms with van der Waals surface area (Å²) < 4.78 is 0. The van der Waals surface area contributed by atoms with Crippen LogP contribution in [0.15, 0.2) is 23.4 Å². The number of carboxylic acid groups (broad SMARTS) is 1. The fourth-order valence-electron chi connectivity index (χ4n) is 0.893. The standard InChI is InChI=1S/C10H12N2O3S/c1-6(10(14)15)5-16-8-3-2-7(4-12-8)9(11)13/h2-4,6H,5H2,1H3,(H2,11,13)(H,14,15). The maximum absolute atomic E-state index is 10.8. The summed E-state index contributed by atoms with van der Waals surface area (Å²) in [5.74, 6) is -1.34. The number of rotatable bonds is 5. The summed E-state index contributed by atoms with van der Waals surface area (Å²) in [5, 5.41) is 9.36. The first-order valence-electron chi connectivity index (χ1n) is 4.62. The van der Waals surface area contributed by atoms with Crippen LogP contribution >= 0.6 is 11.8 Å². The van der Waals surface area contributed by atoms with Crippen molar-refractivity contribution in [3.63, 3.8) is 0 Å². The van der Waals surface area contributed by atoms with E-state index in [1.807, 2.05) is 0 Å². The average Bonchev–Trinajstić information content (AvgIpc) is 2.26. The van der Waals surface area contributed by atoms with Crippen LogP contribution in [0.3, 0.4) is 0 Å². The lowest BCUT2D eigenvalue weighted by Gasteiger charge is -2.05. The molecule has 1 unspecified atom stereocenters. The van der Waals surface area contributed by atoms with Crippen LogP contribution in [0.4, 0.5) is 0 Å². The molecule has 1 aromatic heterocycles. The van der Waals surface area contributed by atoms with E-state index in [4.69, 9.17) is 10.8 Å². The number of carboxylic acids is 1. The van der Waals surface area contributed by atoms with Crippen LogP contribution < -0.4 is 5.73 Å². The highest BCUT2D eigenvalue weighted by Crippen LogP contribution is 2.18. The normalized spacial score (nSPS) is 12.1. The number of hydrogen-bond acceptors (Lipinski definition) is 4. The Labute approximate surface area is 97.1 Å². The molecule has 1 amide bonds. The summed E-state index contributed by atoms with van der Waals surface area (Å²) in [7, 11) is 0. The van der Waals surface area contributed by atoms with E-state index in [-0.39, 0.29) is 0 Å². The predicted molar refractivity (Wildman–Crippen MR) is 60.3 cm³/mol. The van der Waals surface area contributed by atoms with Crippen molar-refractivity contribution < 1.29 is 14.7 Å². The first kappa shape index (κ1) is 12.5. The van der Waals surface area contributed by atoms with Crippen LogP contribution in [-0.4, -0.2) is 27.7 Å².